The van der Waals surface area contributed by atoms with Gasteiger partial charge in [0.25, 0.3) is 0 Å². The number of carbonyl (C=O) groups excluding carboxylic acids is 1. The Balaban J connectivity index is 2.01. The molecule has 0 atom stereocenters. The minimum atomic E-state index is 0.324. The van der Waals surface area contributed by atoms with Gasteiger partial charge in [-0.3, -0.25) is 14.1 Å². The number of hydrazone groups is 1. The Hall–Kier alpha value is -3.06. The van der Waals surface area contributed by atoms with Crippen molar-refractivity contribution in [3.05, 3.63) is 87.6 Å². The molecule has 0 saturated carbocycles. The molecule has 1 amide bonds. The van der Waals surface area contributed by atoms with Crippen molar-refractivity contribution in [3.63, 3.8) is 0 Å². The van der Waals surface area contributed by atoms with Crippen LogP contribution in [0.3, 0.4) is 0 Å². The summed E-state index contributed by atoms with van der Waals surface area (Å²) in [6, 6.07) is 17.6. The Morgan fingerprint density at radius 1 is 1.06 bits per heavy atom. The number of fused-ring (bicyclic) bond motifs is 1. The molecule has 4 rings (SSSR count). The molecule has 0 spiro atoms. The van der Waals surface area contributed by atoms with E-state index in [9.17, 15) is 4.79 Å². The Morgan fingerprint density at radius 2 is 1.81 bits per heavy atom. The highest BCUT2D eigenvalue weighted by molar-refractivity contribution is 6.35. The molecular weight excluding hydrogens is 457 g/mol. The van der Waals surface area contributed by atoms with Crippen LogP contribution in [0.5, 0.6) is 0 Å². The molecule has 0 aliphatic heterocycles. The SMILES string of the molecule is CN/N=C(/c1c(-c2cc(Cl)ccc2Cl)nc2ccccn12)N(C=O)c1ccc(Cl)cc1. The zero-order valence-electron chi connectivity index (χ0n) is 16.3. The fraction of sp³-hybridized carbons (Fsp3) is 0.0455. The number of halogens is 3. The van der Waals surface area contributed by atoms with Crippen LogP contribution in [-0.2, 0) is 4.79 Å². The fourth-order valence-corrected chi connectivity index (χ4v) is 3.74. The van der Waals surface area contributed by atoms with Gasteiger partial charge >= 0.3 is 0 Å². The van der Waals surface area contributed by atoms with Crippen LogP contribution in [0.2, 0.25) is 15.1 Å². The number of nitrogens with one attached hydrogen (secondary N) is 1. The molecule has 1 N–H and O–H groups in total. The predicted molar refractivity (Wildman–Crippen MR) is 126 cm³/mol. The topological polar surface area (TPSA) is 62.0 Å². The van der Waals surface area contributed by atoms with Crippen molar-refractivity contribution in [1.82, 2.24) is 14.8 Å². The summed E-state index contributed by atoms with van der Waals surface area (Å²) in [6.45, 7) is 0. The van der Waals surface area contributed by atoms with E-state index in [2.05, 4.69) is 10.5 Å². The lowest BCUT2D eigenvalue weighted by Gasteiger charge is -2.20. The minimum Gasteiger partial charge on any atom is -0.311 e. The highest BCUT2D eigenvalue weighted by atomic mass is 35.5. The molecule has 2 heterocycles. The summed E-state index contributed by atoms with van der Waals surface area (Å²) < 4.78 is 1.84. The van der Waals surface area contributed by atoms with E-state index in [1.165, 1.54) is 4.90 Å². The highest BCUT2D eigenvalue weighted by Crippen LogP contribution is 2.34. The number of amidine groups is 1. The Kier molecular flexibility index (Phi) is 6.13. The van der Waals surface area contributed by atoms with Gasteiger partial charge in [0.1, 0.15) is 17.0 Å². The van der Waals surface area contributed by atoms with Crippen molar-refractivity contribution < 1.29 is 4.79 Å². The molecule has 0 fully saturated rings. The maximum atomic E-state index is 12.2. The predicted octanol–water partition coefficient (Wildman–Crippen LogP) is 5.51. The van der Waals surface area contributed by atoms with Gasteiger partial charge in [-0.25, -0.2) is 4.98 Å². The molecule has 2 aromatic carbocycles. The second-order valence-corrected chi connectivity index (χ2v) is 7.75. The van der Waals surface area contributed by atoms with Gasteiger partial charge < -0.3 is 5.43 Å². The fourth-order valence-electron chi connectivity index (χ4n) is 3.24. The number of nitrogens with zero attached hydrogens (tertiary/aromatic N) is 4. The van der Waals surface area contributed by atoms with Crippen LogP contribution in [0.4, 0.5) is 5.69 Å². The standard InChI is InChI=1S/C22H16Cl3N5O/c1-26-28-22(30(13-31)16-8-5-14(23)6-9-16)21-20(17-12-15(24)7-10-18(17)25)27-19-4-2-3-11-29(19)21/h2-13,26H,1H3/b28-22-. The zero-order chi connectivity index (χ0) is 22.0. The third-order valence-corrected chi connectivity index (χ3v) is 5.40. The van der Waals surface area contributed by atoms with Crippen LogP contribution in [-0.4, -0.2) is 28.7 Å². The van der Waals surface area contributed by atoms with Gasteiger partial charge in [0, 0.05) is 28.9 Å². The lowest BCUT2D eigenvalue weighted by atomic mass is 10.1. The van der Waals surface area contributed by atoms with Crippen molar-refractivity contribution >= 4 is 58.4 Å². The number of carbonyl (C=O) groups is 1. The minimum absolute atomic E-state index is 0.324. The molecule has 0 aliphatic rings. The molecule has 4 aromatic rings. The van der Waals surface area contributed by atoms with Crippen LogP contribution in [0.15, 0.2) is 72.0 Å². The summed E-state index contributed by atoms with van der Waals surface area (Å²) >= 11 is 18.8. The van der Waals surface area contributed by atoms with Gasteiger partial charge in [0.15, 0.2) is 5.84 Å². The highest BCUT2D eigenvalue weighted by Gasteiger charge is 2.26. The first kappa shape index (κ1) is 21.2. The van der Waals surface area contributed by atoms with Crippen LogP contribution in [0, 0.1) is 0 Å². The van der Waals surface area contributed by atoms with Crippen molar-refractivity contribution in [2.45, 2.75) is 0 Å². The maximum Gasteiger partial charge on any atom is 0.220 e. The van der Waals surface area contributed by atoms with Gasteiger partial charge in [-0.2, -0.15) is 5.10 Å². The molecule has 0 aliphatic carbocycles. The Labute approximate surface area is 193 Å². The molecule has 2 aromatic heterocycles. The van der Waals surface area contributed by atoms with E-state index in [0.29, 0.717) is 55.6 Å². The van der Waals surface area contributed by atoms with E-state index in [4.69, 9.17) is 39.8 Å². The molecule has 0 unspecified atom stereocenters. The van der Waals surface area contributed by atoms with Crippen molar-refractivity contribution in [1.29, 1.82) is 0 Å². The number of aromatic nitrogens is 2. The van der Waals surface area contributed by atoms with Gasteiger partial charge in [-0.05, 0) is 54.6 Å². The molecule has 0 bridgehead atoms. The number of amides is 1. The number of benzene rings is 2. The summed E-state index contributed by atoms with van der Waals surface area (Å²) in [5.74, 6) is 0.324. The molecule has 0 radical (unpaired) electrons. The van der Waals surface area contributed by atoms with Crippen molar-refractivity contribution in [2.75, 3.05) is 11.9 Å². The molecule has 6 nitrogen and oxygen atoms in total. The van der Waals surface area contributed by atoms with Gasteiger partial charge in [-0.1, -0.05) is 40.9 Å². The van der Waals surface area contributed by atoms with E-state index >= 15 is 0 Å². The molecular formula is C22H16Cl3N5O. The van der Waals surface area contributed by atoms with Gasteiger partial charge in [0.2, 0.25) is 6.41 Å². The number of rotatable bonds is 5. The van der Waals surface area contributed by atoms with Crippen LogP contribution >= 0.6 is 34.8 Å². The number of imidazole rings is 1. The van der Waals surface area contributed by atoms with Crippen molar-refractivity contribution in [2.24, 2.45) is 5.10 Å². The summed E-state index contributed by atoms with van der Waals surface area (Å²) in [6.07, 6.45) is 2.53. The van der Waals surface area contributed by atoms with E-state index < -0.39 is 0 Å². The summed E-state index contributed by atoms with van der Waals surface area (Å²) in [7, 11) is 1.65. The van der Waals surface area contributed by atoms with Crippen molar-refractivity contribution in [3.8, 4) is 11.3 Å². The first-order valence-electron chi connectivity index (χ1n) is 9.21. The summed E-state index contributed by atoms with van der Waals surface area (Å²) in [4.78, 5) is 18.4. The van der Waals surface area contributed by atoms with Crippen LogP contribution < -0.4 is 10.3 Å². The third kappa shape index (κ3) is 4.10. The van der Waals surface area contributed by atoms with Gasteiger partial charge in [0.05, 0.1) is 10.7 Å². The second-order valence-electron chi connectivity index (χ2n) is 6.47. The molecule has 0 saturated heterocycles. The summed E-state index contributed by atoms with van der Waals surface area (Å²) in [5.41, 5.74) is 5.75. The lowest BCUT2D eigenvalue weighted by molar-refractivity contribution is -0.106. The Bertz CT molecular complexity index is 1280. The van der Waals surface area contributed by atoms with E-state index in [0.717, 1.165) is 0 Å². The first-order valence-corrected chi connectivity index (χ1v) is 10.3. The van der Waals surface area contributed by atoms with E-state index in [1.807, 2.05) is 28.8 Å². The van der Waals surface area contributed by atoms with E-state index in [-0.39, 0.29) is 0 Å². The number of hydrogen-bond donors (Lipinski definition) is 1. The third-order valence-electron chi connectivity index (χ3n) is 4.58. The second kappa shape index (κ2) is 8.98. The maximum absolute atomic E-state index is 12.2. The molecule has 31 heavy (non-hydrogen) atoms. The number of hydrogen-bond acceptors (Lipinski definition) is 4. The number of anilines is 1. The normalized spacial score (nSPS) is 11.5. The smallest absolute Gasteiger partial charge is 0.220 e. The van der Waals surface area contributed by atoms with Crippen LogP contribution in [0.1, 0.15) is 5.69 Å². The van der Waals surface area contributed by atoms with E-state index in [1.54, 1.807) is 49.5 Å². The molecule has 9 heteroatoms. The zero-order valence-corrected chi connectivity index (χ0v) is 18.5. The summed E-state index contributed by atoms with van der Waals surface area (Å²) in [5, 5.41) is 5.96. The largest absolute Gasteiger partial charge is 0.311 e. The quantitative estimate of drug-likeness (QED) is 0.180. The average molecular weight is 473 g/mol. The van der Waals surface area contributed by atoms with Gasteiger partial charge in [-0.15, -0.1) is 0 Å². The lowest BCUT2D eigenvalue weighted by Crippen LogP contribution is -2.33. The average Bonchev–Trinajstić information content (AvgIpc) is 3.15. The number of pyridine rings is 1. The molecule has 156 valence electrons. The monoisotopic (exact) mass is 471 g/mol. The van der Waals surface area contributed by atoms with Crippen LogP contribution in [0.25, 0.3) is 16.9 Å². The Morgan fingerprint density at radius 3 is 2.52 bits per heavy atom. The first-order chi connectivity index (χ1) is 15.0.